The van der Waals surface area contributed by atoms with Crippen LogP contribution in [0.4, 0.5) is 0 Å². The molecular weight excluding hydrogens is 264 g/mol. The maximum atomic E-state index is 12.2. The third-order valence-electron chi connectivity index (χ3n) is 3.39. The minimum atomic E-state index is -0.667. The van der Waals surface area contributed by atoms with E-state index in [1.165, 1.54) is 0 Å². The first kappa shape index (κ1) is 15.1. The van der Waals surface area contributed by atoms with Gasteiger partial charge in [0.15, 0.2) is 0 Å². The molecule has 0 aliphatic rings. The van der Waals surface area contributed by atoms with Gasteiger partial charge < -0.3 is 15.8 Å². The quantitative estimate of drug-likeness (QED) is 0.887. The molecular formula is C17H20N2O2. The van der Waals surface area contributed by atoms with Gasteiger partial charge in [-0.25, -0.2) is 0 Å². The Balaban J connectivity index is 2.04. The molecule has 2 aromatic carbocycles. The fourth-order valence-corrected chi connectivity index (χ4v) is 2.11. The SMILES string of the molecule is COc1cccc([C@H](C)NC(=O)[C@@H](N)c2ccccc2)c1. The summed E-state index contributed by atoms with van der Waals surface area (Å²) < 4.78 is 5.19. The van der Waals surface area contributed by atoms with Crippen LogP contribution in [0.5, 0.6) is 5.75 Å². The highest BCUT2D eigenvalue weighted by atomic mass is 16.5. The van der Waals surface area contributed by atoms with Crippen LogP contribution in [-0.4, -0.2) is 13.0 Å². The van der Waals surface area contributed by atoms with Crippen LogP contribution in [0.15, 0.2) is 54.6 Å². The largest absolute Gasteiger partial charge is 0.497 e. The van der Waals surface area contributed by atoms with E-state index in [4.69, 9.17) is 10.5 Å². The number of benzene rings is 2. The van der Waals surface area contributed by atoms with E-state index in [2.05, 4.69) is 5.32 Å². The number of carbonyl (C=O) groups is 1. The molecule has 0 radical (unpaired) electrons. The van der Waals surface area contributed by atoms with Crippen LogP contribution in [0.25, 0.3) is 0 Å². The summed E-state index contributed by atoms with van der Waals surface area (Å²) in [5.41, 5.74) is 7.76. The maximum Gasteiger partial charge on any atom is 0.241 e. The predicted octanol–water partition coefficient (Wildman–Crippen LogP) is 2.57. The highest BCUT2D eigenvalue weighted by molar-refractivity contribution is 5.83. The lowest BCUT2D eigenvalue weighted by atomic mass is 10.0. The van der Waals surface area contributed by atoms with E-state index in [0.29, 0.717) is 0 Å². The third kappa shape index (κ3) is 3.83. The van der Waals surface area contributed by atoms with Gasteiger partial charge in [0.05, 0.1) is 13.2 Å². The Labute approximate surface area is 124 Å². The standard InChI is InChI=1S/C17H20N2O2/c1-12(14-9-6-10-15(11-14)21-2)19-17(20)16(18)13-7-4-3-5-8-13/h3-12,16H,18H2,1-2H3,(H,19,20)/t12-,16-/m0/s1. The maximum absolute atomic E-state index is 12.2. The van der Waals surface area contributed by atoms with Gasteiger partial charge in [0, 0.05) is 0 Å². The smallest absolute Gasteiger partial charge is 0.241 e. The van der Waals surface area contributed by atoms with Gasteiger partial charge in [-0.1, -0.05) is 42.5 Å². The van der Waals surface area contributed by atoms with Crippen molar-refractivity contribution in [3.8, 4) is 5.75 Å². The predicted molar refractivity (Wildman–Crippen MR) is 82.9 cm³/mol. The van der Waals surface area contributed by atoms with E-state index >= 15 is 0 Å². The van der Waals surface area contributed by atoms with E-state index < -0.39 is 6.04 Å². The van der Waals surface area contributed by atoms with Gasteiger partial charge in [-0.05, 0) is 30.2 Å². The van der Waals surface area contributed by atoms with Gasteiger partial charge in [0.1, 0.15) is 11.8 Å². The summed E-state index contributed by atoms with van der Waals surface area (Å²) in [5.74, 6) is 0.567. The molecule has 0 heterocycles. The normalized spacial score (nSPS) is 13.3. The molecule has 0 unspecified atom stereocenters. The molecule has 2 aromatic rings. The molecule has 2 atom stereocenters. The lowest BCUT2D eigenvalue weighted by Crippen LogP contribution is -2.35. The van der Waals surface area contributed by atoms with Crippen molar-refractivity contribution >= 4 is 5.91 Å². The Kier molecular flexibility index (Phi) is 4.95. The summed E-state index contributed by atoms with van der Waals surface area (Å²) >= 11 is 0. The number of carbonyl (C=O) groups excluding carboxylic acids is 1. The zero-order valence-corrected chi connectivity index (χ0v) is 12.2. The van der Waals surface area contributed by atoms with Gasteiger partial charge in [0.2, 0.25) is 5.91 Å². The van der Waals surface area contributed by atoms with E-state index in [1.807, 2.05) is 61.5 Å². The fraction of sp³-hybridized carbons (Fsp3) is 0.235. The molecule has 0 saturated heterocycles. The number of rotatable bonds is 5. The molecule has 4 heteroatoms. The summed E-state index contributed by atoms with van der Waals surface area (Å²) in [6.45, 7) is 1.92. The monoisotopic (exact) mass is 284 g/mol. The number of hydrogen-bond acceptors (Lipinski definition) is 3. The van der Waals surface area contributed by atoms with Crippen molar-refractivity contribution < 1.29 is 9.53 Å². The average Bonchev–Trinajstić information content (AvgIpc) is 2.54. The number of nitrogens with two attached hydrogens (primary N) is 1. The average molecular weight is 284 g/mol. The number of nitrogens with one attached hydrogen (secondary N) is 1. The highest BCUT2D eigenvalue weighted by Crippen LogP contribution is 2.19. The Morgan fingerprint density at radius 1 is 1.10 bits per heavy atom. The summed E-state index contributed by atoms with van der Waals surface area (Å²) in [7, 11) is 1.62. The second-order valence-electron chi connectivity index (χ2n) is 4.90. The van der Waals surface area contributed by atoms with Crippen LogP contribution < -0.4 is 15.8 Å². The third-order valence-corrected chi connectivity index (χ3v) is 3.39. The second kappa shape index (κ2) is 6.90. The highest BCUT2D eigenvalue weighted by Gasteiger charge is 2.18. The van der Waals surface area contributed by atoms with Gasteiger partial charge in [-0.3, -0.25) is 4.79 Å². The minimum absolute atomic E-state index is 0.137. The van der Waals surface area contributed by atoms with Crippen molar-refractivity contribution in [2.24, 2.45) is 5.73 Å². The van der Waals surface area contributed by atoms with Gasteiger partial charge in [-0.2, -0.15) is 0 Å². The molecule has 0 fully saturated rings. The van der Waals surface area contributed by atoms with Crippen molar-refractivity contribution in [1.29, 1.82) is 0 Å². The van der Waals surface area contributed by atoms with Crippen LogP contribution in [0.1, 0.15) is 30.1 Å². The van der Waals surface area contributed by atoms with Crippen molar-refractivity contribution in [2.75, 3.05) is 7.11 Å². The van der Waals surface area contributed by atoms with E-state index in [1.54, 1.807) is 7.11 Å². The molecule has 0 spiro atoms. The van der Waals surface area contributed by atoms with E-state index in [-0.39, 0.29) is 11.9 Å². The van der Waals surface area contributed by atoms with E-state index in [9.17, 15) is 4.79 Å². The van der Waals surface area contributed by atoms with Crippen LogP contribution in [-0.2, 0) is 4.79 Å². The second-order valence-corrected chi connectivity index (χ2v) is 4.90. The van der Waals surface area contributed by atoms with Crippen molar-refractivity contribution in [2.45, 2.75) is 19.0 Å². The summed E-state index contributed by atoms with van der Waals surface area (Å²) in [4.78, 5) is 12.2. The Hall–Kier alpha value is -2.33. The molecule has 110 valence electrons. The minimum Gasteiger partial charge on any atom is -0.497 e. The molecule has 4 nitrogen and oxygen atoms in total. The number of methoxy groups -OCH3 is 1. The lowest BCUT2D eigenvalue weighted by Gasteiger charge is -2.18. The van der Waals surface area contributed by atoms with Crippen LogP contribution in [0.3, 0.4) is 0 Å². The number of amides is 1. The Bertz CT molecular complexity index is 599. The number of ether oxygens (including phenoxy) is 1. The summed E-state index contributed by atoms with van der Waals surface area (Å²) in [6, 6.07) is 16.1. The lowest BCUT2D eigenvalue weighted by molar-refractivity contribution is -0.123. The first-order valence-electron chi connectivity index (χ1n) is 6.86. The Morgan fingerprint density at radius 2 is 1.76 bits per heavy atom. The summed E-state index contributed by atoms with van der Waals surface area (Å²) in [6.07, 6.45) is 0. The number of hydrogen-bond donors (Lipinski definition) is 2. The van der Waals surface area contributed by atoms with Crippen molar-refractivity contribution in [1.82, 2.24) is 5.32 Å². The zero-order valence-electron chi connectivity index (χ0n) is 12.2. The first-order chi connectivity index (χ1) is 10.1. The van der Waals surface area contributed by atoms with E-state index in [0.717, 1.165) is 16.9 Å². The van der Waals surface area contributed by atoms with Gasteiger partial charge >= 0.3 is 0 Å². The molecule has 1 amide bonds. The molecule has 2 rings (SSSR count). The molecule has 0 bridgehead atoms. The summed E-state index contributed by atoms with van der Waals surface area (Å²) in [5, 5.41) is 2.93. The topological polar surface area (TPSA) is 64.3 Å². The molecule has 0 aromatic heterocycles. The first-order valence-corrected chi connectivity index (χ1v) is 6.86. The zero-order chi connectivity index (χ0) is 15.2. The Morgan fingerprint density at radius 3 is 2.43 bits per heavy atom. The molecule has 0 aliphatic carbocycles. The van der Waals surface area contributed by atoms with Crippen molar-refractivity contribution in [3.05, 3.63) is 65.7 Å². The fourth-order valence-electron chi connectivity index (χ4n) is 2.11. The molecule has 0 saturated carbocycles. The van der Waals surface area contributed by atoms with Crippen LogP contribution >= 0.6 is 0 Å². The van der Waals surface area contributed by atoms with Crippen LogP contribution in [0, 0.1) is 0 Å². The molecule has 0 aliphatic heterocycles. The molecule has 21 heavy (non-hydrogen) atoms. The van der Waals surface area contributed by atoms with Crippen LogP contribution in [0.2, 0.25) is 0 Å². The van der Waals surface area contributed by atoms with Gasteiger partial charge in [-0.15, -0.1) is 0 Å². The van der Waals surface area contributed by atoms with Crippen molar-refractivity contribution in [3.63, 3.8) is 0 Å². The molecule has 3 N–H and O–H groups in total. The van der Waals surface area contributed by atoms with Gasteiger partial charge in [0.25, 0.3) is 0 Å².